The van der Waals surface area contributed by atoms with E-state index < -0.39 is 5.41 Å². The average Bonchev–Trinajstić information content (AvgIpc) is 2.35. The van der Waals surface area contributed by atoms with Crippen molar-refractivity contribution in [3.63, 3.8) is 0 Å². The second-order valence-corrected chi connectivity index (χ2v) is 4.73. The van der Waals surface area contributed by atoms with Gasteiger partial charge in [0.1, 0.15) is 0 Å². The largest absolute Gasteiger partial charge is 0.295 e. The third-order valence-corrected chi connectivity index (χ3v) is 3.70. The highest BCUT2D eigenvalue weighted by Crippen LogP contribution is 2.37. The van der Waals surface area contributed by atoms with Gasteiger partial charge in [0, 0.05) is 5.92 Å². The highest BCUT2D eigenvalue weighted by molar-refractivity contribution is 6.04. The molecule has 1 aromatic rings. The fourth-order valence-electron chi connectivity index (χ4n) is 2.58. The van der Waals surface area contributed by atoms with E-state index in [1.54, 1.807) is 0 Å². The first-order valence-electron chi connectivity index (χ1n) is 6.01. The second kappa shape index (κ2) is 4.32. The van der Waals surface area contributed by atoms with Gasteiger partial charge in [0.2, 0.25) is 11.8 Å². The van der Waals surface area contributed by atoms with Crippen molar-refractivity contribution in [3.05, 3.63) is 35.9 Å². The van der Waals surface area contributed by atoms with Crippen LogP contribution in [0.25, 0.3) is 0 Å². The molecule has 0 radical (unpaired) electrons. The number of hydrogen-bond donors (Lipinski definition) is 1. The topological polar surface area (TPSA) is 46.2 Å². The zero-order valence-electron chi connectivity index (χ0n) is 10.2. The molecule has 1 heterocycles. The fraction of sp³-hybridized carbons (Fsp3) is 0.429. The molecule has 0 bridgehead atoms. The van der Waals surface area contributed by atoms with Gasteiger partial charge in [-0.15, -0.1) is 0 Å². The van der Waals surface area contributed by atoms with Gasteiger partial charge in [0.25, 0.3) is 0 Å². The molecule has 0 saturated carbocycles. The van der Waals surface area contributed by atoms with E-state index in [-0.39, 0.29) is 17.7 Å². The van der Waals surface area contributed by atoms with Crippen LogP contribution in [0.4, 0.5) is 0 Å². The van der Waals surface area contributed by atoms with Gasteiger partial charge < -0.3 is 0 Å². The van der Waals surface area contributed by atoms with E-state index in [9.17, 15) is 9.59 Å². The number of imide groups is 1. The Morgan fingerprint density at radius 1 is 1.29 bits per heavy atom. The summed E-state index contributed by atoms with van der Waals surface area (Å²) in [6.45, 7) is 3.87. The van der Waals surface area contributed by atoms with Crippen molar-refractivity contribution in [1.82, 2.24) is 5.32 Å². The Morgan fingerprint density at radius 2 is 1.94 bits per heavy atom. The predicted octanol–water partition coefficient (Wildman–Crippen LogP) is 2.02. The van der Waals surface area contributed by atoms with Crippen molar-refractivity contribution in [3.8, 4) is 0 Å². The van der Waals surface area contributed by atoms with Crippen LogP contribution in [0.2, 0.25) is 0 Å². The van der Waals surface area contributed by atoms with Gasteiger partial charge in [-0.05, 0) is 18.4 Å². The quantitative estimate of drug-likeness (QED) is 0.791. The van der Waals surface area contributed by atoms with Crippen molar-refractivity contribution >= 4 is 11.8 Å². The molecule has 17 heavy (non-hydrogen) atoms. The molecule has 1 aliphatic heterocycles. The summed E-state index contributed by atoms with van der Waals surface area (Å²) in [4.78, 5) is 23.7. The van der Waals surface area contributed by atoms with Crippen LogP contribution in [0.3, 0.4) is 0 Å². The normalized spacial score (nSPS) is 28.9. The first-order valence-corrected chi connectivity index (χ1v) is 6.01. The summed E-state index contributed by atoms with van der Waals surface area (Å²) < 4.78 is 0. The third-order valence-electron chi connectivity index (χ3n) is 3.70. The van der Waals surface area contributed by atoms with E-state index in [0.29, 0.717) is 12.8 Å². The summed E-state index contributed by atoms with van der Waals surface area (Å²) >= 11 is 0. The maximum atomic E-state index is 12.2. The van der Waals surface area contributed by atoms with E-state index in [0.717, 1.165) is 5.56 Å². The van der Waals surface area contributed by atoms with Crippen LogP contribution in [0.15, 0.2) is 30.3 Å². The fourth-order valence-corrected chi connectivity index (χ4v) is 2.58. The van der Waals surface area contributed by atoms with Gasteiger partial charge >= 0.3 is 0 Å². The molecule has 1 fully saturated rings. The van der Waals surface area contributed by atoms with Gasteiger partial charge in [0.15, 0.2) is 0 Å². The van der Waals surface area contributed by atoms with E-state index in [1.165, 1.54) is 0 Å². The molecule has 1 aromatic carbocycles. The molecule has 0 aliphatic carbocycles. The Hall–Kier alpha value is -1.64. The number of benzene rings is 1. The molecule has 3 nitrogen and oxygen atoms in total. The van der Waals surface area contributed by atoms with Gasteiger partial charge in [-0.1, -0.05) is 44.2 Å². The SMILES string of the molecule is CC[C@@]1(c2ccccc2)C[C@@H](C)C(=O)NC1=O. The van der Waals surface area contributed by atoms with Gasteiger partial charge in [-0.25, -0.2) is 0 Å². The molecule has 0 unspecified atom stereocenters. The summed E-state index contributed by atoms with van der Waals surface area (Å²) in [6, 6.07) is 9.72. The van der Waals surface area contributed by atoms with E-state index in [4.69, 9.17) is 0 Å². The van der Waals surface area contributed by atoms with Crippen LogP contribution < -0.4 is 5.32 Å². The molecule has 2 atom stereocenters. The molecule has 0 aromatic heterocycles. The average molecular weight is 231 g/mol. The standard InChI is InChI=1S/C14H17NO2/c1-3-14(11-7-5-4-6-8-11)9-10(2)12(16)15-13(14)17/h4-8,10H,3,9H2,1-2H3,(H,15,16,17)/t10-,14+/m1/s1. The van der Waals surface area contributed by atoms with Crippen LogP contribution in [0.1, 0.15) is 32.3 Å². The van der Waals surface area contributed by atoms with Crippen molar-refractivity contribution in [2.75, 3.05) is 0 Å². The molecule has 1 aliphatic rings. The number of piperidine rings is 1. The minimum atomic E-state index is -0.547. The van der Waals surface area contributed by atoms with Gasteiger partial charge in [-0.2, -0.15) is 0 Å². The van der Waals surface area contributed by atoms with Crippen molar-refractivity contribution in [1.29, 1.82) is 0 Å². The number of hydrogen-bond acceptors (Lipinski definition) is 2. The first kappa shape index (κ1) is 11.8. The van der Waals surface area contributed by atoms with Gasteiger partial charge in [0.05, 0.1) is 5.41 Å². The molecule has 90 valence electrons. The summed E-state index contributed by atoms with van der Waals surface area (Å²) in [5.74, 6) is -0.433. The minimum Gasteiger partial charge on any atom is -0.295 e. The molecule has 2 rings (SSSR count). The van der Waals surface area contributed by atoms with Crippen LogP contribution in [0.5, 0.6) is 0 Å². The van der Waals surface area contributed by atoms with Crippen molar-refractivity contribution < 1.29 is 9.59 Å². The van der Waals surface area contributed by atoms with Crippen LogP contribution in [0, 0.1) is 5.92 Å². The molecule has 0 spiro atoms. The van der Waals surface area contributed by atoms with E-state index in [1.807, 2.05) is 44.2 Å². The van der Waals surface area contributed by atoms with Crippen molar-refractivity contribution in [2.24, 2.45) is 5.92 Å². The predicted molar refractivity (Wildman–Crippen MR) is 65.3 cm³/mol. The highest BCUT2D eigenvalue weighted by Gasteiger charge is 2.45. The summed E-state index contributed by atoms with van der Waals surface area (Å²) in [7, 11) is 0. The van der Waals surface area contributed by atoms with E-state index in [2.05, 4.69) is 5.32 Å². The van der Waals surface area contributed by atoms with Crippen molar-refractivity contribution in [2.45, 2.75) is 32.1 Å². The van der Waals surface area contributed by atoms with Gasteiger partial charge in [-0.3, -0.25) is 14.9 Å². The maximum absolute atomic E-state index is 12.2. The lowest BCUT2D eigenvalue weighted by molar-refractivity contribution is -0.141. The number of rotatable bonds is 2. The Kier molecular flexibility index (Phi) is 3.01. The Bertz CT molecular complexity index is 441. The second-order valence-electron chi connectivity index (χ2n) is 4.73. The molecule has 3 heteroatoms. The smallest absolute Gasteiger partial charge is 0.237 e. The number of carbonyl (C=O) groups is 2. The summed E-state index contributed by atoms with van der Waals surface area (Å²) in [5, 5.41) is 2.49. The molecule has 1 saturated heterocycles. The summed E-state index contributed by atoms with van der Waals surface area (Å²) in [5.41, 5.74) is 0.452. The number of carbonyl (C=O) groups excluding carboxylic acids is 2. The zero-order valence-corrected chi connectivity index (χ0v) is 10.2. The molecule has 2 amide bonds. The van der Waals surface area contributed by atoms with Crippen LogP contribution >= 0.6 is 0 Å². The number of amides is 2. The first-order chi connectivity index (χ1) is 8.10. The molecule has 1 N–H and O–H groups in total. The Balaban J connectivity index is 2.44. The lowest BCUT2D eigenvalue weighted by Crippen LogP contribution is -2.54. The molecular formula is C14H17NO2. The number of nitrogens with one attached hydrogen (secondary N) is 1. The lowest BCUT2D eigenvalue weighted by Gasteiger charge is -2.37. The van der Waals surface area contributed by atoms with E-state index >= 15 is 0 Å². The lowest BCUT2D eigenvalue weighted by atomic mass is 9.69. The highest BCUT2D eigenvalue weighted by atomic mass is 16.2. The maximum Gasteiger partial charge on any atom is 0.237 e. The van der Waals surface area contributed by atoms with Crippen LogP contribution in [-0.4, -0.2) is 11.8 Å². The monoisotopic (exact) mass is 231 g/mol. The summed E-state index contributed by atoms with van der Waals surface area (Å²) in [6.07, 6.45) is 1.30. The Labute approximate surface area is 101 Å². The van der Waals surface area contributed by atoms with Crippen LogP contribution in [-0.2, 0) is 15.0 Å². The zero-order chi connectivity index (χ0) is 12.5. The Morgan fingerprint density at radius 3 is 2.53 bits per heavy atom. The minimum absolute atomic E-state index is 0.118. The molecular weight excluding hydrogens is 214 g/mol. The third kappa shape index (κ3) is 1.86.